The van der Waals surface area contributed by atoms with Crippen LogP contribution in [0.25, 0.3) is 0 Å². The molecule has 3 atom stereocenters. The van der Waals surface area contributed by atoms with Crippen molar-refractivity contribution in [1.29, 1.82) is 0 Å². The Labute approximate surface area is 104 Å². The smallest absolute Gasteiger partial charge is 0.336 e. The van der Waals surface area contributed by atoms with Crippen LogP contribution < -0.4 is 0 Å². The van der Waals surface area contributed by atoms with Crippen LogP contribution in [-0.2, 0) is 9.53 Å². The Morgan fingerprint density at radius 1 is 1.47 bits per heavy atom. The van der Waals surface area contributed by atoms with Crippen molar-refractivity contribution in [1.82, 2.24) is 0 Å². The van der Waals surface area contributed by atoms with E-state index in [-0.39, 0.29) is 18.3 Å². The predicted molar refractivity (Wildman–Crippen MR) is 67.4 cm³/mol. The molecule has 1 saturated carbocycles. The lowest BCUT2D eigenvalue weighted by molar-refractivity contribution is -0.151. The van der Waals surface area contributed by atoms with Crippen LogP contribution in [0.1, 0.15) is 40.0 Å². The molecular weight excluding hydrogens is 216 g/mol. The third kappa shape index (κ3) is 3.84. The fraction of sp³-hybridized carbons (Fsp3) is 0.786. The second kappa shape index (κ2) is 6.20. The second-order valence-corrected chi connectivity index (χ2v) is 5.53. The largest absolute Gasteiger partial charge is 0.459 e. The standard InChI is InChI=1S/C14H24O3/c1-9(2)12-6-5-10(3)7-13(12)17-14(16)11(4)8-15/h9-10,12-13,15H,4-8H2,1-3H3/t10-,12+,13-/m1/s1. The zero-order valence-electron chi connectivity index (χ0n) is 11.1. The highest BCUT2D eigenvalue weighted by Crippen LogP contribution is 2.35. The summed E-state index contributed by atoms with van der Waals surface area (Å²) in [7, 11) is 0. The highest BCUT2D eigenvalue weighted by Gasteiger charge is 2.33. The molecule has 3 nitrogen and oxygen atoms in total. The van der Waals surface area contributed by atoms with Crippen molar-refractivity contribution in [2.45, 2.75) is 46.1 Å². The van der Waals surface area contributed by atoms with Crippen LogP contribution in [0.15, 0.2) is 12.2 Å². The minimum atomic E-state index is -0.447. The second-order valence-electron chi connectivity index (χ2n) is 5.53. The van der Waals surface area contributed by atoms with Crippen LogP contribution in [0, 0.1) is 17.8 Å². The molecule has 17 heavy (non-hydrogen) atoms. The summed E-state index contributed by atoms with van der Waals surface area (Å²) in [6, 6.07) is 0. The van der Waals surface area contributed by atoms with Gasteiger partial charge in [-0.15, -0.1) is 0 Å². The van der Waals surface area contributed by atoms with Crippen molar-refractivity contribution >= 4 is 5.97 Å². The summed E-state index contributed by atoms with van der Waals surface area (Å²) in [5, 5.41) is 8.86. The summed E-state index contributed by atoms with van der Waals surface area (Å²) in [5.74, 6) is 1.10. The van der Waals surface area contributed by atoms with Gasteiger partial charge in [-0.25, -0.2) is 4.79 Å². The molecule has 0 heterocycles. The zero-order chi connectivity index (χ0) is 13.0. The number of carbonyl (C=O) groups is 1. The third-order valence-corrected chi connectivity index (χ3v) is 3.70. The number of rotatable bonds is 4. The summed E-state index contributed by atoms with van der Waals surface area (Å²) in [4.78, 5) is 11.6. The predicted octanol–water partition coefficient (Wildman–Crippen LogP) is 2.54. The van der Waals surface area contributed by atoms with E-state index in [0.29, 0.717) is 17.8 Å². The van der Waals surface area contributed by atoms with E-state index in [2.05, 4.69) is 27.4 Å². The molecule has 0 aromatic carbocycles. The molecule has 0 bridgehead atoms. The lowest BCUT2D eigenvalue weighted by atomic mass is 9.75. The maximum atomic E-state index is 11.6. The van der Waals surface area contributed by atoms with Crippen molar-refractivity contribution in [3.8, 4) is 0 Å². The first kappa shape index (κ1) is 14.2. The molecule has 1 N–H and O–H groups in total. The maximum Gasteiger partial charge on any atom is 0.336 e. The number of hydrogen-bond acceptors (Lipinski definition) is 3. The van der Waals surface area contributed by atoms with Gasteiger partial charge >= 0.3 is 5.97 Å². The number of esters is 1. The van der Waals surface area contributed by atoms with Crippen molar-refractivity contribution in [2.24, 2.45) is 17.8 Å². The minimum Gasteiger partial charge on any atom is -0.459 e. The Morgan fingerprint density at radius 3 is 2.65 bits per heavy atom. The van der Waals surface area contributed by atoms with E-state index in [0.717, 1.165) is 12.8 Å². The van der Waals surface area contributed by atoms with Gasteiger partial charge in [0.05, 0.1) is 12.2 Å². The van der Waals surface area contributed by atoms with Gasteiger partial charge < -0.3 is 9.84 Å². The molecule has 0 aromatic rings. The van der Waals surface area contributed by atoms with E-state index in [1.165, 1.54) is 6.42 Å². The van der Waals surface area contributed by atoms with Gasteiger partial charge in [-0.2, -0.15) is 0 Å². The van der Waals surface area contributed by atoms with Crippen LogP contribution >= 0.6 is 0 Å². The average molecular weight is 240 g/mol. The monoisotopic (exact) mass is 240 g/mol. The van der Waals surface area contributed by atoms with E-state index >= 15 is 0 Å². The molecule has 1 aliphatic rings. The van der Waals surface area contributed by atoms with Crippen LogP contribution in [0.2, 0.25) is 0 Å². The van der Waals surface area contributed by atoms with Gasteiger partial charge in [-0.3, -0.25) is 0 Å². The number of hydrogen-bond donors (Lipinski definition) is 1. The van der Waals surface area contributed by atoms with Crippen molar-refractivity contribution in [2.75, 3.05) is 6.61 Å². The molecule has 0 spiro atoms. The van der Waals surface area contributed by atoms with Crippen LogP contribution in [0.3, 0.4) is 0 Å². The number of carbonyl (C=O) groups excluding carboxylic acids is 1. The van der Waals surface area contributed by atoms with Crippen LogP contribution in [0.4, 0.5) is 0 Å². The van der Waals surface area contributed by atoms with Gasteiger partial charge in [0.2, 0.25) is 0 Å². The fourth-order valence-electron chi connectivity index (χ4n) is 2.54. The SMILES string of the molecule is C=C(CO)C(=O)O[C@@H]1C[C@H](C)CC[C@H]1C(C)C. The molecule has 3 heteroatoms. The van der Waals surface area contributed by atoms with Crippen molar-refractivity contribution < 1.29 is 14.6 Å². The topological polar surface area (TPSA) is 46.5 Å². The molecule has 1 fully saturated rings. The third-order valence-electron chi connectivity index (χ3n) is 3.70. The Bertz CT molecular complexity index is 283. The minimum absolute atomic E-state index is 0.0189. The van der Waals surface area contributed by atoms with Crippen LogP contribution in [0.5, 0.6) is 0 Å². The quantitative estimate of drug-likeness (QED) is 0.607. The van der Waals surface area contributed by atoms with Crippen molar-refractivity contribution in [3.05, 3.63) is 12.2 Å². The molecule has 0 unspecified atom stereocenters. The molecule has 1 aliphatic carbocycles. The summed E-state index contributed by atoms with van der Waals surface area (Å²) < 4.78 is 5.49. The maximum absolute atomic E-state index is 11.6. The van der Waals surface area contributed by atoms with E-state index < -0.39 is 5.97 Å². The van der Waals surface area contributed by atoms with Crippen LogP contribution in [-0.4, -0.2) is 23.8 Å². The first-order valence-electron chi connectivity index (χ1n) is 6.45. The molecule has 0 saturated heterocycles. The Morgan fingerprint density at radius 2 is 2.12 bits per heavy atom. The lowest BCUT2D eigenvalue weighted by Crippen LogP contribution is -2.36. The summed E-state index contributed by atoms with van der Waals surface area (Å²) in [6.07, 6.45) is 3.22. The summed E-state index contributed by atoms with van der Waals surface area (Å²) in [5.41, 5.74) is 0.144. The van der Waals surface area contributed by atoms with E-state index in [1.807, 2.05) is 0 Å². The molecule has 0 aromatic heterocycles. The number of aliphatic hydroxyl groups excluding tert-OH is 1. The van der Waals surface area contributed by atoms with E-state index in [1.54, 1.807) is 0 Å². The Balaban J connectivity index is 2.63. The molecule has 0 radical (unpaired) electrons. The summed E-state index contributed by atoms with van der Waals surface area (Å²) >= 11 is 0. The summed E-state index contributed by atoms with van der Waals surface area (Å²) in [6.45, 7) is 9.71. The molecule has 0 amide bonds. The molecule has 1 rings (SSSR count). The first-order valence-corrected chi connectivity index (χ1v) is 6.45. The van der Waals surface area contributed by atoms with Gasteiger partial charge in [-0.05, 0) is 30.6 Å². The Hall–Kier alpha value is -0.830. The van der Waals surface area contributed by atoms with Gasteiger partial charge in [0.15, 0.2) is 0 Å². The van der Waals surface area contributed by atoms with E-state index in [4.69, 9.17) is 9.84 Å². The molecular formula is C14H24O3. The van der Waals surface area contributed by atoms with E-state index in [9.17, 15) is 4.79 Å². The highest BCUT2D eigenvalue weighted by atomic mass is 16.5. The molecule has 0 aliphatic heterocycles. The number of aliphatic hydroxyl groups is 1. The number of ether oxygens (including phenoxy) is 1. The van der Waals surface area contributed by atoms with Gasteiger partial charge in [0.1, 0.15) is 6.10 Å². The average Bonchev–Trinajstić information content (AvgIpc) is 2.27. The normalized spacial score (nSPS) is 29.1. The fourth-order valence-corrected chi connectivity index (χ4v) is 2.54. The first-order chi connectivity index (χ1) is 7.95. The molecule has 98 valence electrons. The van der Waals surface area contributed by atoms with Gasteiger partial charge in [0, 0.05) is 0 Å². The lowest BCUT2D eigenvalue weighted by Gasteiger charge is -2.36. The Kier molecular flexibility index (Phi) is 5.19. The van der Waals surface area contributed by atoms with Gasteiger partial charge in [0.25, 0.3) is 0 Å². The highest BCUT2D eigenvalue weighted by molar-refractivity contribution is 5.88. The van der Waals surface area contributed by atoms with Gasteiger partial charge in [-0.1, -0.05) is 33.8 Å². The zero-order valence-corrected chi connectivity index (χ0v) is 11.1. The van der Waals surface area contributed by atoms with Crippen molar-refractivity contribution in [3.63, 3.8) is 0 Å².